The standard InChI is InChI=1S/C20H21N3OS2/c1-13-19(14-8-10-23(13)11-9-14)22-20(24)17-6-7-18(26-17)25-16-5-3-2-4-15(16)12-21/h2-7,13-14,19H,8-11H2,1H3,(H,22,24)/t13-,19-/m0/s1. The van der Waals surface area contributed by atoms with Gasteiger partial charge in [0.25, 0.3) is 5.91 Å². The zero-order chi connectivity index (χ0) is 18.1. The molecule has 1 N–H and O–H groups in total. The van der Waals surface area contributed by atoms with E-state index in [0.717, 1.165) is 27.1 Å². The Balaban J connectivity index is 1.44. The van der Waals surface area contributed by atoms with Crippen molar-refractivity contribution in [2.45, 2.75) is 41.0 Å². The molecular weight excluding hydrogens is 362 g/mol. The van der Waals surface area contributed by atoms with Crippen LogP contribution in [0.15, 0.2) is 45.5 Å². The summed E-state index contributed by atoms with van der Waals surface area (Å²) in [6, 6.07) is 14.3. The second-order valence-corrected chi connectivity index (χ2v) is 9.37. The van der Waals surface area contributed by atoms with Gasteiger partial charge in [-0.2, -0.15) is 5.26 Å². The number of amides is 1. The number of rotatable bonds is 4. The summed E-state index contributed by atoms with van der Waals surface area (Å²) in [5.74, 6) is 0.635. The van der Waals surface area contributed by atoms with Gasteiger partial charge in [0.05, 0.1) is 14.6 Å². The van der Waals surface area contributed by atoms with Gasteiger partial charge in [-0.25, -0.2) is 0 Å². The predicted molar refractivity (Wildman–Crippen MR) is 105 cm³/mol. The molecule has 6 heteroatoms. The summed E-state index contributed by atoms with van der Waals surface area (Å²) < 4.78 is 1.03. The maximum absolute atomic E-state index is 12.7. The number of thiophene rings is 1. The molecule has 3 aliphatic heterocycles. The molecule has 5 rings (SSSR count). The molecule has 1 aromatic carbocycles. The van der Waals surface area contributed by atoms with Crippen molar-refractivity contribution in [3.05, 3.63) is 46.8 Å². The molecule has 1 amide bonds. The van der Waals surface area contributed by atoms with E-state index in [9.17, 15) is 10.1 Å². The number of benzene rings is 1. The molecule has 3 saturated heterocycles. The highest BCUT2D eigenvalue weighted by Gasteiger charge is 2.40. The minimum Gasteiger partial charge on any atom is -0.347 e. The van der Waals surface area contributed by atoms with Crippen LogP contribution in [0.4, 0.5) is 0 Å². The van der Waals surface area contributed by atoms with Gasteiger partial charge in [0, 0.05) is 17.0 Å². The summed E-state index contributed by atoms with van der Waals surface area (Å²) in [5.41, 5.74) is 0.665. The van der Waals surface area contributed by atoms with Crippen LogP contribution in [0.3, 0.4) is 0 Å². The van der Waals surface area contributed by atoms with Gasteiger partial charge in [-0.3, -0.25) is 9.69 Å². The first-order valence-electron chi connectivity index (χ1n) is 8.97. The van der Waals surface area contributed by atoms with Gasteiger partial charge in [-0.05, 0) is 63.0 Å². The van der Waals surface area contributed by atoms with E-state index in [1.54, 1.807) is 11.8 Å². The van der Waals surface area contributed by atoms with Crippen LogP contribution in [0.25, 0.3) is 0 Å². The van der Waals surface area contributed by atoms with Crippen molar-refractivity contribution in [1.82, 2.24) is 10.2 Å². The number of hydrogen-bond acceptors (Lipinski definition) is 5. The Morgan fingerprint density at radius 2 is 2.04 bits per heavy atom. The van der Waals surface area contributed by atoms with Crippen LogP contribution < -0.4 is 5.32 Å². The van der Waals surface area contributed by atoms with Crippen LogP contribution in [0.1, 0.15) is 35.0 Å². The average molecular weight is 384 g/mol. The van der Waals surface area contributed by atoms with Gasteiger partial charge in [0.1, 0.15) is 6.07 Å². The Morgan fingerprint density at radius 1 is 1.27 bits per heavy atom. The van der Waals surface area contributed by atoms with E-state index in [-0.39, 0.29) is 11.9 Å². The Bertz CT molecular complexity index is 847. The molecule has 2 atom stereocenters. The predicted octanol–water partition coefficient (Wildman–Crippen LogP) is 3.98. The number of carbonyl (C=O) groups excluding carboxylic acids is 1. The maximum Gasteiger partial charge on any atom is 0.261 e. The quantitative estimate of drug-likeness (QED) is 0.867. The van der Waals surface area contributed by atoms with E-state index in [2.05, 4.69) is 23.2 Å². The van der Waals surface area contributed by atoms with Crippen molar-refractivity contribution in [3.63, 3.8) is 0 Å². The van der Waals surface area contributed by atoms with Gasteiger partial charge in [0.2, 0.25) is 0 Å². The second kappa shape index (κ2) is 7.43. The molecule has 3 aliphatic rings. The Morgan fingerprint density at radius 3 is 2.77 bits per heavy atom. The van der Waals surface area contributed by atoms with Crippen molar-refractivity contribution in [2.24, 2.45) is 5.92 Å². The number of nitriles is 1. The minimum absolute atomic E-state index is 0.0287. The van der Waals surface area contributed by atoms with Crippen molar-refractivity contribution < 1.29 is 4.79 Å². The molecule has 0 spiro atoms. The summed E-state index contributed by atoms with van der Waals surface area (Å²) in [5, 5.41) is 12.5. The van der Waals surface area contributed by atoms with Crippen LogP contribution >= 0.6 is 23.1 Å². The number of nitrogens with zero attached hydrogens (tertiary/aromatic N) is 2. The fourth-order valence-electron chi connectivity index (χ4n) is 4.02. The van der Waals surface area contributed by atoms with Crippen LogP contribution in [0.2, 0.25) is 0 Å². The molecule has 4 nitrogen and oxygen atoms in total. The molecular formula is C20H21N3OS2. The van der Waals surface area contributed by atoms with Crippen LogP contribution in [-0.2, 0) is 0 Å². The second-order valence-electron chi connectivity index (χ2n) is 6.94. The van der Waals surface area contributed by atoms with E-state index >= 15 is 0 Å². The summed E-state index contributed by atoms with van der Waals surface area (Å²) in [6.07, 6.45) is 2.37. The highest BCUT2D eigenvalue weighted by Crippen LogP contribution is 2.36. The van der Waals surface area contributed by atoms with Crippen LogP contribution in [-0.4, -0.2) is 36.0 Å². The maximum atomic E-state index is 12.7. The lowest BCUT2D eigenvalue weighted by Gasteiger charge is -2.49. The number of fused-ring (bicyclic) bond motifs is 3. The topological polar surface area (TPSA) is 56.1 Å². The fourth-order valence-corrected chi connectivity index (χ4v) is 6.09. The molecule has 26 heavy (non-hydrogen) atoms. The third-order valence-corrected chi connectivity index (χ3v) is 7.79. The Labute approximate surface area is 162 Å². The van der Waals surface area contributed by atoms with E-state index in [4.69, 9.17) is 0 Å². The van der Waals surface area contributed by atoms with Crippen molar-refractivity contribution in [2.75, 3.05) is 13.1 Å². The monoisotopic (exact) mass is 383 g/mol. The summed E-state index contributed by atoms with van der Waals surface area (Å²) >= 11 is 3.04. The summed E-state index contributed by atoms with van der Waals surface area (Å²) in [6.45, 7) is 4.55. The lowest BCUT2D eigenvalue weighted by Crippen LogP contribution is -2.62. The SMILES string of the molecule is C[C@H]1[C@H](NC(=O)c2ccc(Sc3ccccc3C#N)s2)C2CCN1CC2. The van der Waals surface area contributed by atoms with Crippen molar-refractivity contribution in [1.29, 1.82) is 5.26 Å². The smallest absolute Gasteiger partial charge is 0.261 e. The highest BCUT2D eigenvalue weighted by molar-refractivity contribution is 8.01. The van der Waals surface area contributed by atoms with E-state index in [1.807, 2.05) is 36.4 Å². The molecule has 134 valence electrons. The first-order chi connectivity index (χ1) is 12.7. The largest absolute Gasteiger partial charge is 0.347 e. The van der Waals surface area contributed by atoms with Gasteiger partial charge in [-0.15, -0.1) is 11.3 Å². The molecule has 4 heterocycles. The fraction of sp³-hybridized carbons (Fsp3) is 0.400. The van der Waals surface area contributed by atoms with Crippen molar-refractivity contribution >= 4 is 29.0 Å². The zero-order valence-electron chi connectivity index (χ0n) is 14.6. The van der Waals surface area contributed by atoms with Crippen LogP contribution in [0, 0.1) is 17.2 Å². The van der Waals surface area contributed by atoms with E-state index < -0.39 is 0 Å². The first-order valence-corrected chi connectivity index (χ1v) is 10.6. The van der Waals surface area contributed by atoms with E-state index in [1.165, 1.54) is 24.2 Å². The number of piperidine rings is 3. The molecule has 2 aromatic rings. The normalized spacial score (nSPS) is 27.1. The van der Waals surface area contributed by atoms with E-state index in [0.29, 0.717) is 17.5 Å². The lowest BCUT2D eigenvalue weighted by molar-refractivity contribution is 0.0218. The van der Waals surface area contributed by atoms with Crippen LogP contribution in [0.5, 0.6) is 0 Å². The Kier molecular flexibility index (Phi) is 5.03. The number of nitrogens with one attached hydrogen (secondary N) is 1. The zero-order valence-corrected chi connectivity index (χ0v) is 16.3. The molecule has 0 aliphatic carbocycles. The number of carbonyl (C=O) groups is 1. The molecule has 0 radical (unpaired) electrons. The molecule has 3 fully saturated rings. The minimum atomic E-state index is 0.0287. The number of hydrogen-bond donors (Lipinski definition) is 1. The van der Waals surface area contributed by atoms with Gasteiger partial charge in [-0.1, -0.05) is 23.9 Å². The summed E-state index contributed by atoms with van der Waals surface area (Å²) in [4.78, 5) is 16.9. The van der Waals surface area contributed by atoms with Gasteiger partial charge < -0.3 is 5.32 Å². The molecule has 0 unspecified atom stereocenters. The third-order valence-electron chi connectivity index (χ3n) is 5.50. The lowest BCUT2D eigenvalue weighted by atomic mass is 9.79. The Hall–Kier alpha value is -1.81. The molecule has 1 aromatic heterocycles. The van der Waals surface area contributed by atoms with Gasteiger partial charge >= 0.3 is 0 Å². The summed E-state index contributed by atoms with van der Waals surface area (Å²) in [7, 11) is 0. The molecule has 2 bridgehead atoms. The molecule has 0 saturated carbocycles. The van der Waals surface area contributed by atoms with Crippen molar-refractivity contribution in [3.8, 4) is 6.07 Å². The highest BCUT2D eigenvalue weighted by atomic mass is 32.2. The third kappa shape index (κ3) is 3.39. The first kappa shape index (κ1) is 17.6. The van der Waals surface area contributed by atoms with Gasteiger partial charge in [0.15, 0.2) is 0 Å². The average Bonchev–Trinajstić information content (AvgIpc) is 3.14.